The molecular formula is C18H28N2O. The molecule has 0 aromatic heterocycles. The molecular weight excluding hydrogens is 260 g/mol. The number of hydrogen-bond donors (Lipinski definition) is 2. The van der Waals surface area contributed by atoms with E-state index in [1.165, 1.54) is 25.7 Å². The van der Waals surface area contributed by atoms with Gasteiger partial charge in [0.15, 0.2) is 0 Å². The van der Waals surface area contributed by atoms with Crippen LogP contribution in [0.4, 0.5) is 0 Å². The van der Waals surface area contributed by atoms with Crippen molar-refractivity contribution < 1.29 is 4.79 Å². The van der Waals surface area contributed by atoms with E-state index in [1.807, 2.05) is 37.3 Å². The molecule has 116 valence electrons. The van der Waals surface area contributed by atoms with E-state index in [0.29, 0.717) is 5.92 Å². The Morgan fingerprint density at radius 3 is 2.62 bits per heavy atom. The van der Waals surface area contributed by atoms with E-state index in [4.69, 9.17) is 5.73 Å². The van der Waals surface area contributed by atoms with Gasteiger partial charge in [0.2, 0.25) is 5.91 Å². The molecule has 1 fully saturated rings. The molecule has 1 aromatic rings. The highest BCUT2D eigenvalue weighted by Crippen LogP contribution is 2.29. The van der Waals surface area contributed by atoms with Crippen molar-refractivity contribution in [3.05, 3.63) is 35.9 Å². The summed E-state index contributed by atoms with van der Waals surface area (Å²) in [7, 11) is 0. The first-order chi connectivity index (χ1) is 10.1. The zero-order valence-corrected chi connectivity index (χ0v) is 13.2. The summed E-state index contributed by atoms with van der Waals surface area (Å²) in [5.74, 6) is 1.22. The second-order valence-corrected chi connectivity index (χ2v) is 6.49. The fourth-order valence-electron chi connectivity index (χ4n) is 3.22. The number of carbonyl (C=O) groups is 1. The summed E-state index contributed by atoms with van der Waals surface area (Å²) >= 11 is 0. The van der Waals surface area contributed by atoms with Gasteiger partial charge in [-0.25, -0.2) is 0 Å². The average Bonchev–Trinajstić information content (AvgIpc) is 2.53. The lowest BCUT2D eigenvalue weighted by molar-refractivity contribution is -0.125. The van der Waals surface area contributed by atoms with Crippen molar-refractivity contribution in [1.29, 1.82) is 0 Å². The van der Waals surface area contributed by atoms with Gasteiger partial charge < -0.3 is 11.1 Å². The Balaban J connectivity index is 1.85. The van der Waals surface area contributed by atoms with Gasteiger partial charge in [-0.15, -0.1) is 0 Å². The van der Waals surface area contributed by atoms with Crippen LogP contribution < -0.4 is 11.1 Å². The van der Waals surface area contributed by atoms with Crippen LogP contribution in [0.2, 0.25) is 0 Å². The molecule has 4 atom stereocenters. The number of nitrogens with one attached hydrogen (secondary N) is 1. The fourth-order valence-corrected chi connectivity index (χ4v) is 3.22. The molecule has 1 amide bonds. The van der Waals surface area contributed by atoms with Gasteiger partial charge in [-0.1, -0.05) is 63.4 Å². The van der Waals surface area contributed by atoms with Crippen LogP contribution in [0.15, 0.2) is 30.3 Å². The van der Waals surface area contributed by atoms with Crippen LogP contribution in [0.3, 0.4) is 0 Å². The maximum atomic E-state index is 12.3. The second-order valence-electron chi connectivity index (χ2n) is 6.49. The summed E-state index contributed by atoms with van der Waals surface area (Å²) in [6.07, 6.45) is 5.16. The van der Waals surface area contributed by atoms with Crippen LogP contribution in [-0.4, -0.2) is 12.5 Å². The first kappa shape index (κ1) is 16.0. The molecule has 1 aliphatic carbocycles. The number of hydrogen-bond acceptors (Lipinski definition) is 2. The number of benzene rings is 1. The third-order valence-corrected chi connectivity index (χ3v) is 4.96. The summed E-state index contributed by atoms with van der Waals surface area (Å²) in [5.41, 5.74) is 7.23. The minimum absolute atomic E-state index is 0.0733. The van der Waals surface area contributed by atoms with Crippen molar-refractivity contribution in [3.63, 3.8) is 0 Å². The van der Waals surface area contributed by atoms with Gasteiger partial charge in [0.05, 0.1) is 5.92 Å². The van der Waals surface area contributed by atoms with Crippen molar-refractivity contribution in [2.75, 3.05) is 6.54 Å². The first-order valence-electron chi connectivity index (χ1n) is 8.18. The van der Waals surface area contributed by atoms with Crippen molar-refractivity contribution in [2.45, 2.75) is 45.6 Å². The first-order valence-corrected chi connectivity index (χ1v) is 8.18. The number of carbonyl (C=O) groups excluding carboxylic acids is 1. The van der Waals surface area contributed by atoms with E-state index in [-0.39, 0.29) is 17.9 Å². The summed E-state index contributed by atoms with van der Waals surface area (Å²) < 4.78 is 0. The predicted molar refractivity (Wildman–Crippen MR) is 86.7 cm³/mol. The highest BCUT2D eigenvalue weighted by atomic mass is 16.1. The predicted octanol–water partition coefficient (Wildman–Crippen LogP) is 3.27. The summed E-state index contributed by atoms with van der Waals surface area (Å²) in [4.78, 5) is 12.3. The third-order valence-electron chi connectivity index (χ3n) is 4.96. The molecule has 1 aliphatic rings. The van der Waals surface area contributed by atoms with E-state index in [1.54, 1.807) is 0 Å². The van der Waals surface area contributed by atoms with Crippen molar-refractivity contribution in [1.82, 2.24) is 5.32 Å². The third kappa shape index (κ3) is 4.31. The topological polar surface area (TPSA) is 55.1 Å². The molecule has 3 heteroatoms. The summed E-state index contributed by atoms with van der Waals surface area (Å²) in [6.45, 7) is 5.01. The molecule has 0 radical (unpaired) electrons. The van der Waals surface area contributed by atoms with Gasteiger partial charge in [0.1, 0.15) is 0 Å². The largest absolute Gasteiger partial charge is 0.356 e. The van der Waals surface area contributed by atoms with Crippen molar-refractivity contribution >= 4 is 5.91 Å². The van der Waals surface area contributed by atoms with Gasteiger partial charge in [-0.2, -0.15) is 0 Å². The average molecular weight is 288 g/mol. The Morgan fingerprint density at radius 1 is 1.29 bits per heavy atom. The molecule has 1 aromatic carbocycles. The van der Waals surface area contributed by atoms with Gasteiger partial charge in [-0.3, -0.25) is 4.79 Å². The van der Waals surface area contributed by atoms with Crippen LogP contribution in [0.1, 0.15) is 51.1 Å². The molecule has 21 heavy (non-hydrogen) atoms. The van der Waals surface area contributed by atoms with Crippen LogP contribution in [0.5, 0.6) is 0 Å². The zero-order chi connectivity index (χ0) is 15.2. The Kier molecular flexibility index (Phi) is 5.80. The van der Waals surface area contributed by atoms with E-state index >= 15 is 0 Å². The van der Waals surface area contributed by atoms with E-state index in [2.05, 4.69) is 12.2 Å². The molecule has 0 heterocycles. The van der Waals surface area contributed by atoms with Gasteiger partial charge in [-0.05, 0) is 23.8 Å². The van der Waals surface area contributed by atoms with Crippen LogP contribution >= 0.6 is 0 Å². The Bertz CT molecular complexity index is 446. The monoisotopic (exact) mass is 288 g/mol. The van der Waals surface area contributed by atoms with Crippen molar-refractivity contribution in [2.24, 2.45) is 23.5 Å². The number of rotatable bonds is 5. The van der Waals surface area contributed by atoms with E-state index in [9.17, 15) is 4.79 Å². The lowest BCUT2D eigenvalue weighted by Gasteiger charge is -2.29. The lowest BCUT2D eigenvalue weighted by atomic mass is 9.80. The number of amides is 1. The molecule has 0 saturated heterocycles. The molecule has 3 nitrogen and oxygen atoms in total. The SMILES string of the molecule is CC1CCCCC1CNC(=O)C(C)C(N)c1ccccc1. The molecule has 0 bridgehead atoms. The second kappa shape index (κ2) is 7.60. The number of nitrogens with two attached hydrogens (primary N) is 1. The zero-order valence-electron chi connectivity index (χ0n) is 13.2. The van der Waals surface area contributed by atoms with Gasteiger partial charge in [0.25, 0.3) is 0 Å². The lowest BCUT2D eigenvalue weighted by Crippen LogP contribution is -2.39. The fraction of sp³-hybridized carbons (Fsp3) is 0.611. The molecule has 2 rings (SSSR count). The highest BCUT2D eigenvalue weighted by molar-refractivity contribution is 5.79. The Morgan fingerprint density at radius 2 is 1.95 bits per heavy atom. The van der Waals surface area contributed by atoms with Crippen molar-refractivity contribution in [3.8, 4) is 0 Å². The van der Waals surface area contributed by atoms with Gasteiger partial charge >= 0.3 is 0 Å². The summed E-state index contributed by atoms with van der Waals surface area (Å²) in [5, 5.41) is 3.11. The minimum Gasteiger partial charge on any atom is -0.356 e. The summed E-state index contributed by atoms with van der Waals surface area (Å²) in [6, 6.07) is 9.61. The van der Waals surface area contributed by atoms with E-state index in [0.717, 1.165) is 18.0 Å². The molecule has 0 spiro atoms. The Labute approximate surface area is 128 Å². The molecule has 3 N–H and O–H groups in total. The normalized spacial score (nSPS) is 25.1. The van der Waals surface area contributed by atoms with Gasteiger partial charge in [0, 0.05) is 12.6 Å². The maximum absolute atomic E-state index is 12.3. The standard InChI is InChI=1S/C18H28N2O/c1-13-8-6-7-11-16(13)12-20-18(21)14(2)17(19)15-9-4-3-5-10-15/h3-5,9-10,13-14,16-17H,6-8,11-12,19H2,1-2H3,(H,20,21). The highest BCUT2D eigenvalue weighted by Gasteiger charge is 2.25. The van der Waals surface area contributed by atoms with Crippen LogP contribution in [0, 0.1) is 17.8 Å². The smallest absolute Gasteiger partial charge is 0.224 e. The molecule has 4 unspecified atom stereocenters. The quantitative estimate of drug-likeness (QED) is 0.873. The Hall–Kier alpha value is -1.35. The molecule has 0 aliphatic heterocycles. The van der Waals surface area contributed by atoms with Crippen LogP contribution in [0.25, 0.3) is 0 Å². The minimum atomic E-state index is -0.241. The molecule has 1 saturated carbocycles. The van der Waals surface area contributed by atoms with Crippen LogP contribution in [-0.2, 0) is 4.79 Å². The van der Waals surface area contributed by atoms with E-state index < -0.39 is 0 Å². The maximum Gasteiger partial charge on any atom is 0.224 e.